The highest BCUT2D eigenvalue weighted by Crippen LogP contribution is 2.50. The molecular weight excluding hydrogens is 168 g/mol. The molecule has 1 aliphatic carbocycles. The molecule has 1 aliphatic heterocycles. The number of carboxylic acid groups (broad SMARTS) is 1. The van der Waals surface area contributed by atoms with E-state index in [2.05, 4.69) is 6.58 Å². The Balaban J connectivity index is 2.03. The Bertz CT molecular complexity index is 271. The summed E-state index contributed by atoms with van der Waals surface area (Å²) in [5.74, 6) is -0.336. The number of aliphatic carboxylic acids is 1. The lowest BCUT2D eigenvalue weighted by atomic mass is 9.79. The molecule has 0 aromatic heterocycles. The van der Waals surface area contributed by atoms with Crippen molar-refractivity contribution in [3.05, 3.63) is 12.2 Å². The van der Waals surface area contributed by atoms with E-state index < -0.39 is 11.6 Å². The molecule has 72 valence electrons. The maximum Gasteiger partial charge on any atom is 0.338 e. The third-order valence-corrected chi connectivity index (χ3v) is 3.24. The van der Waals surface area contributed by atoms with Gasteiger partial charge in [-0.3, -0.25) is 0 Å². The van der Waals surface area contributed by atoms with Crippen molar-refractivity contribution in [3.63, 3.8) is 0 Å². The van der Waals surface area contributed by atoms with Gasteiger partial charge in [0.1, 0.15) is 0 Å². The van der Waals surface area contributed by atoms with Gasteiger partial charge in [0.25, 0.3) is 0 Å². The Labute approximate surface area is 77.4 Å². The molecule has 1 heterocycles. The van der Waals surface area contributed by atoms with Crippen molar-refractivity contribution < 1.29 is 14.6 Å². The SMILES string of the molecule is C=C(C)[C@@H]1CC[C@]2(C(=O)O)OC2C1. The van der Waals surface area contributed by atoms with Crippen LogP contribution >= 0.6 is 0 Å². The Morgan fingerprint density at radius 3 is 2.85 bits per heavy atom. The smallest absolute Gasteiger partial charge is 0.338 e. The number of hydrogen-bond donors (Lipinski definition) is 1. The van der Waals surface area contributed by atoms with Crippen LogP contribution in [0.3, 0.4) is 0 Å². The van der Waals surface area contributed by atoms with Crippen LogP contribution in [0.15, 0.2) is 12.2 Å². The van der Waals surface area contributed by atoms with E-state index in [0.29, 0.717) is 12.3 Å². The number of ether oxygens (including phenoxy) is 1. The zero-order valence-electron chi connectivity index (χ0n) is 7.75. The molecule has 0 aromatic rings. The standard InChI is InChI=1S/C10H14O3/c1-6(2)7-3-4-10(9(11)12)8(5-7)13-10/h7-8H,1,3-5H2,2H3,(H,11,12)/t7-,8?,10+/m1/s1. The average molecular weight is 182 g/mol. The van der Waals surface area contributed by atoms with Crippen LogP contribution in [0.4, 0.5) is 0 Å². The fourth-order valence-corrected chi connectivity index (χ4v) is 2.19. The molecule has 13 heavy (non-hydrogen) atoms. The van der Waals surface area contributed by atoms with Crippen LogP contribution in [0.25, 0.3) is 0 Å². The average Bonchev–Trinajstić information content (AvgIpc) is 2.77. The molecule has 2 rings (SSSR count). The van der Waals surface area contributed by atoms with Gasteiger partial charge in [-0.15, -0.1) is 0 Å². The van der Waals surface area contributed by atoms with E-state index in [9.17, 15) is 4.79 Å². The summed E-state index contributed by atoms with van der Waals surface area (Å²) >= 11 is 0. The van der Waals surface area contributed by atoms with Crippen molar-refractivity contribution >= 4 is 5.97 Å². The highest BCUT2D eigenvalue weighted by molar-refractivity contribution is 5.81. The zero-order chi connectivity index (χ0) is 9.64. The molecule has 0 bridgehead atoms. The van der Waals surface area contributed by atoms with Gasteiger partial charge in [-0.25, -0.2) is 4.79 Å². The molecule has 0 spiro atoms. The van der Waals surface area contributed by atoms with Gasteiger partial charge in [0.05, 0.1) is 6.10 Å². The van der Waals surface area contributed by atoms with Crippen molar-refractivity contribution in [1.82, 2.24) is 0 Å². The molecule has 3 nitrogen and oxygen atoms in total. The van der Waals surface area contributed by atoms with Gasteiger partial charge in [-0.05, 0) is 32.1 Å². The summed E-state index contributed by atoms with van der Waals surface area (Å²) < 4.78 is 5.27. The van der Waals surface area contributed by atoms with Crippen LogP contribution in [0.1, 0.15) is 26.2 Å². The first kappa shape index (κ1) is 8.75. The number of allylic oxidation sites excluding steroid dienone is 1. The van der Waals surface area contributed by atoms with Crippen molar-refractivity contribution in [2.45, 2.75) is 37.9 Å². The topological polar surface area (TPSA) is 49.8 Å². The number of rotatable bonds is 2. The van der Waals surface area contributed by atoms with Crippen LogP contribution in [0, 0.1) is 5.92 Å². The highest BCUT2D eigenvalue weighted by atomic mass is 16.6. The van der Waals surface area contributed by atoms with Gasteiger partial charge in [0.15, 0.2) is 5.60 Å². The molecule has 0 aromatic carbocycles. The van der Waals surface area contributed by atoms with Crippen LogP contribution in [0.5, 0.6) is 0 Å². The summed E-state index contributed by atoms with van der Waals surface area (Å²) in [5.41, 5.74) is 0.334. The molecule has 1 unspecified atom stereocenters. The number of carbonyl (C=O) groups is 1. The summed E-state index contributed by atoms with van der Waals surface area (Å²) in [7, 11) is 0. The summed E-state index contributed by atoms with van der Waals surface area (Å²) in [6.45, 7) is 5.90. The Morgan fingerprint density at radius 1 is 1.69 bits per heavy atom. The van der Waals surface area contributed by atoms with Crippen LogP contribution in [0.2, 0.25) is 0 Å². The van der Waals surface area contributed by atoms with E-state index in [-0.39, 0.29) is 6.10 Å². The lowest BCUT2D eigenvalue weighted by Gasteiger charge is -2.22. The van der Waals surface area contributed by atoms with Crippen molar-refractivity contribution in [2.75, 3.05) is 0 Å². The van der Waals surface area contributed by atoms with Gasteiger partial charge in [-0.2, -0.15) is 0 Å². The molecular formula is C10H14O3. The summed E-state index contributed by atoms with van der Waals surface area (Å²) in [5, 5.41) is 8.92. The van der Waals surface area contributed by atoms with E-state index in [1.165, 1.54) is 0 Å². The van der Waals surface area contributed by atoms with E-state index >= 15 is 0 Å². The molecule has 1 N–H and O–H groups in total. The van der Waals surface area contributed by atoms with Crippen molar-refractivity contribution in [2.24, 2.45) is 5.92 Å². The fraction of sp³-hybridized carbons (Fsp3) is 0.700. The first-order valence-corrected chi connectivity index (χ1v) is 4.63. The predicted octanol–water partition coefficient (Wildman–Crippen LogP) is 1.58. The Hall–Kier alpha value is -0.830. The number of hydrogen-bond acceptors (Lipinski definition) is 2. The maximum absolute atomic E-state index is 10.8. The number of epoxide rings is 1. The molecule has 2 fully saturated rings. The molecule has 1 saturated heterocycles. The van der Waals surface area contributed by atoms with Gasteiger partial charge >= 0.3 is 5.97 Å². The predicted molar refractivity (Wildman–Crippen MR) is 47.4 cm³/mol. The number of fused-ring (bicyclic) bond motifs is 1. The van der Waals surface area contributed by atoms with Crippen molar-refractivity contribution in [1.29, 1.82) is 0 Å². The van der Waals surface area contributed by atoms with Gasteiger partial charge < -0.3 is 9.84 Å². The lowest BCUT2D eigenvalue weighted by molar-refractivity contribution is -0.143. The third-order valence-electron chi connectivity index (χ3n) is 3.24. The Morgan fingerprint density at radius 2 is 2.38 bits per heavy atom. The molecule has 0 amide bonds. The Kier molecular flexibility index (Phi) is 1.74. The van der Waals surface area contributed by atoms with E-state index in [0.717, 1.165) is 18.4 Å². The minimum Gasteiger partial charge on any atom is -0.479 e. The second-order valence-electron chi connectivity index (χ2n) is 4.12. The highest BCUT2D eigenvalue weighted by Gasteiger charge is 2.64. The molecule has 2 aliphatic rings. The van der Waals surface area contributed by atoms with Gasteiger partial charge in [-0.1, -0.05) is 12.2 Å². The minimum absolute atomic E-state index is 0.0551. The van der Waals surface area contributed by atoms with E-state index in [4.69, 9.17) is 9.84 Å². The second-order valence-corrected chi connectivity index (χ2v) is 4.12. The lowest BCUT2D eigenvalue weighted by Crippen LogP contribution is -2.32. The minimum atomic E-state index is -0.814. The quantitative estimate of drug-likeness (QED) is 0.521. The van der Waals surface area contributed by atoms with Crippen molar-refractivity contribution in [3.8, 4) is 0 Å². The van der Waals surface area contributed by atoms with Gasteiger partial charge in [0.2, 0.25) is 0 Å². The molecule has 3 atom stereocenters. The largest absolute Gasteiger partial charge is 0.479 e. The summed E-state index contributed by atoms with van der Waals surface area (Å²) in [6, 6.07) is 0. The molecule has 1 saturated carbocycles. The fourth-order valence-electron chi connectivity index (χ4n) is 2.19. The second kappa shape index (κ2) is 2.58. The zero-order valence-corrected chi connectivity index (χ0v) is 7.75. The molecule has 0 radical (unpaired) electrons. The molecule has 3 heteroatoms. The van der Waals surface area contributed by atoms with Crippen LogP contribution < -0.4 is 0 Å². The van der Waals surface area contributed by atoms with Crippen LogP contribution in [-0.2, 0) is 9.53 Å². The first-order chi connectivity index (χ1) is 6.06. The summed E-state index contributed by atoms with van der Waals surface area (Å²) in [6.07, 6.45) is 2.32. The van der Waals surface area contributed by atoms with E-state index in [1.54, 1.807) is 0 Å². The van der Waals surface area contributed by atoms with Gasteiger partial charge in [0, 0.05) is 0 Å². The monoisotopic (exact) mass is 182 g/mol. The first-order valence-electron chi connectivity index (χ1n) is 4.63. The van der Waals surface area contributed by atoms with Crippen LogP contribution in [-0.4, -0.2) is 22.8 Å². The number of carboxylic acids is 1. The third kappa shape index (κ3) is 1.18. The van der Waals surface area contributed by atoms with E-state index in [1.807, 2.05) is 6.92 Å². The maximum atomic E-state index is 10.8. The normalized spacial score (nSPS) is 42.2. The summed E-state index contributed by atoms with van der Waals surface area (Å²) in [4.78, 5) is 10.8.